The number of halogens is 2. The Morgan fingerprint density at radius 2 is 1.83 bits per heavy atom. The van der Waals surface area contributed by atoms with Gasteiger partial charge in [-0.1, -0.05) is 11.6 Å². The van der Waals surface area contributed by atoms with Crippen LogP contribution in [0.2, 0.25) is 5.02 Å². The summed E-state index contributed by atoms with van der Waals surface area (Å²) in [5, 5.41) is 7.44. The van der Waals surface area contributed by atoms with Crippen LogP contribution in [-0.4, -0.2) is 54.3 Å². The number of benzene rings is 2. The highest BCUT2D eigenvalue weighted by molar-refractivity contribution is 6.31. The van der Waals surface area contributed by atoms with Crippen molar-refractivity contribution in [2.24, 2.45) is 0 Å². The number of ether oxygens (including phenoxy) is 1. The van der Waals surface area contributed by atoms with E-state index in [9.17, 15) is 9.18 Å². The van der Waals surface area contributed by atoms with Gasteiger partial charge in [-0.25, -0.2) is 4.39 Å². The highest BCUT2D eigenvalue weighted by atomic mass is 35.5. The van der Waals surface area contributed by atoms with E-state index in [-0.39, 0.29) is 10.9 Å². The molecule has 1 aromatic heterocycles. The van der Waals surface area contributed by atoms with Gasteiger partial charge < -0.3 is 14.5 Å². The first-order valence-electron chi connectivity index (χ1n) is 9.24. The molecule has 0 bridgehead atoms. The Labute approximate surface area is 172 Å². The van der Waals surface area contributed by atoms with Crippen LogP contribution in [0.25, 0.3) is 11.3 Å². The van der Waals surface area contributed by atoms with E-state index < -0.39 is 5.82 Å². The number of nitrogens with zero attached hydrogens (tertiary/aromatic N) is 3. The molecular formula is C21H20ClFN4O2. The molecule has 0 unspecified atom stereocenters. The Kier molecular flexibility index (Phi) is 5.40. The number of amides is 1. The number of carbonyl (C=O) groups is 1. The number of carbonyl (C=O) groups excluding carboxylic acids is 1. The van der Waals surface area contributed by atoms with Crippen molar-refractivity contribution in [2.75, 3.05) is 38.2 Å². The maximum atomic E-state index is 13.3. The molecule has 0 aliphatic carbocycles. The quantitative estimate of drug-likeness (QED) is 0.704. The highest BCUT2D eigenvalue weighted by Gasteiger charge is 2.24. The van der Waals surface area contributed by atoms with E-state index in [4.69, 9.17) is 16.3 Å². The van der Waals surface area contributed by atoms with Crippen molar-refractivity contribution in [3.63, 3.8) is 0 Å². The van der Waals surface area contributed by atoms with E-state index in [1.807, 2.05) is 30.3 Å². The zero-order chi connectivity index (χ0) is 20.4. The summed E-state index contributed by atoms with van der Waals surface area (Å²) in [5.74, 6) is 0.969. The molecule has 4 rings (SSSR count). The number of methoxy groups -OCH3 is 1. The Balaban J connectivity index is 1.40. The molecule has 8 heteroatoms. The van der Waals surface area contributed by atoms with Crippen LogP contribution in [0.15, 0.2) is 48.5 Å². The fourth-order valence-electron chi connectivity index (χ4n) is 3.34. The number of piperazine rings is 1. The number of anilines is 1. The molecule has 0 radical (unpaired) electrons. The number of aromatic nitrogens is 2. The van der Waals surface area contributed by atoms with E-state index in [1.165, 1.54) is 18.2 Å². The fourth-order valence-corrected chi connectivity index (χ4v) is 3.52. The topological polar surface area (TPSA) is 61.5 Å². The maximum absolute atomic E-state index is 13.3. The minimum absolute atomic E-state index is 0.0444. The minimum Gasteiger partial charge on any atom is -0.497 e. The van der Waals surface area contributed by atoms with Crippen LogP contribution in [-0.2, 0) is 0 Å². The summed E-state index contributed by atoms with van der Waals surface area (Å²) in [6.45, 7) is 2.43. The largest absolute Gasteiger partial charge is 0.497 e. The van der Waals surface area contributed by atoms with Crippen molar-refractivity contribution in [2.45, 2.75) is 0 Å². The predicted octanol–water partition coefficient (Wildman–Crippen LogP) is 3.84. The first-order valence-corrected chi connectivity index (χ1v) is 9.62. The molecule has 1 fully saturated rings. The first-order chi connectivity index (χ1) is 14.0. The van der Waals surface area contributed by atoms with Crippen LogP contribution >= 0.6 is 11.6 Å². The van der Waals surface area contributed by atoms with Gasteiger partial charge in [0, 0.05) is 37.8 Å². The van der Waals surface area contributed by atoms with E-state index in [0.717, 1.165) is 22.8 Å². The monoisotopic (exact) mass is 414 g/mol. The van der Waals surface area contributed by atoms with Gasteiger partial charge >= 0.3 is 0 Å². The molecule has 1 saturated heterocycles. The number of nitrogens with one attached hydrogen (secondary N) is 1. The van der Waals surface area contributed by atoms with E-state index in [2.05, 4.69) is 15.1 Å². The summed E-state index contributed by atoms with van der Waals surface area (Å²) in [5.41, 5.74) is 2.33. The molecule has 1 amide bonds. The van der Waals surface area contributed by atoms with Crippen molar-refractivity contribution in [3.8, 4) is 17.0 Å². The Hall–Kier alpha value is -3.06. The first kappa shape index (κ1) is 19.3. The summed E-state index contributed by atoms with van der Waals surface area (Å²) < 4.78 is 18.5. The number of H-pyrrole nitrogens is 1. The number of hydrogen-bond acceptors (Lipinski definition) is 4. The number of aromatic amines is 1. The molecule has 2 aromatic carbocycles. The van der Waals surface area contributed by atoms with Crippen molar-refractivity contribution in [3.05, 3.63) is 64.9 Å². The lowest BCUT2D eigenvalue weighted by Gasteiger charge is -2.34. The van der Waals surface area contributed by atoms with Gasteiger partial charge in [0.05, 0.1) is 17.8 Å². The normalized spacial score (nSPS) is 14.2. The summed E-state index contributed by atoms with van der Waals surface area (Å²) in [7, 11) is 1.64. The molecule has 3 aromatic rings. The third-order valence-electron chi connectivity index (χ3n) is 5.02. The van der Waals surface area contributed by atoms with E-state index in [0.29, 0.717) is 31.7 Å². The molecule has 2 heterocycles. The maximum Gasteiger partial charge on any atom is 0.254 e. The van der Waals surface area contributed by atoms with Crippen LogP contribution in [0, 0.1) is 5.82 Å². The third-order valence-corrected chi connectivity index (χ3v) is 5.31. The van der Waals surface area contributed by atoms with Crippen LogP contribution in [0.3, 0.4) is 0 Å². The summed E-state index contributed by atoms with van der Waals surface area (Å²) >= 11 is 5.80. The van der Waals surface area contributed by atoms with Gasteiger partial charge in [-0.2, -0.15) is 5.10 Å². The molecule has 150 valence electrons. The minimum atomic E-state index is -0.528. The third kappa shape index (κ3) is 4.05. The summed E-state index contributed by atoms with van der Waals surface area (Å²) in [6.07, 6.45) is 0. The SMILES string of the molecule is COc1ccc(-c2cc(N3CCN(C(=O)c4ccc(F)c(Cl)c4)CC3)n[nH]2)cc1. The number of hydrogen-bond donors (Lipinski definition) is 1. The second kappa shape index (κ2) is 8.13. The smallest absolute Gasteiger partial charge is 0.254 e. The van der Waals surface area contributed by atoms with Crippen LogP contribution in [0.5, 0.6) is 5.75 Å². The Morgan fingerprint density at radius 1 is 1.10 bits per heavy atom. The average Bonchev–Trinajstić information content (AvgIpc) is 3.25. The van der Waals surface area contributed by atoms with Crippen molar-refractivity contribution in [1.82, 2.24) is 15.1 Å². The lowest BCUT2D eigenvalue weighted by Crippen LogP contribution is -2.49. The second-order valence-electron chi connectivity index (χ2n) is 6.78. The van der Waals surface area contributed by atoms with Gasteiger partial charge in [0.15, 0.2) is 5.82 Å². The molecule has 0 atom stereocenters. The van der Waals surface area contributed by atoms with Gasteiger partial charge in [0.25, 0.3) is 5.91 Å². The lowest BCUT2D eigenvalue weighted by atomic mass is 10.1. The van der Waals surface area contributed by atoms with Crippen molar-refractivity contribution < 1.29 is 13.9 Å². The number of rotatable bonds is 4. The zero-order valence-corrected chi connectivity index (χ0v) is 16.6. The molecule has 1 aliphatic heterocycles. The van der Waals surface area contributed by atoms with Gasteiger partial charge in [0.2, 0.25) is 0 Å². The molecule has 1 aliphatic rings. The zero-order valence-electron chi connectivity index (χ0n) is 15.9. The second-order valence-corrected chi connectivity index (χ2v) is 7.18. The molecule has 1 N–H and O–H groups in total. The Bertz CT molecular complexity index is 1010. The van der Waals surface area contributed by atoms with Crippen LogP contribution in [0.1, 0.15) is 10.4 Å². The van der Waals surface area contributed by atoms with Crippen LogP contribution in [0.4, 0.5) is 10.2 Å². The average molecular weight is 415 g/mol. The van der Waals surface area contributed by atoms with E-state index >= 15 is 0 Å². The summed E-state index contributed by atoms with van der Waals surface area (Å²) in [6, 6.07) is 13.8. The standard InChI is InChI=1S/C21H20ClFN4O2/c1-29-16-5-2-14(3-6-16)19-13-20(25-24-19)26-8-10-27(11-9-26)21(28)15-4-7-18(23)17(22)12-15/h2-7,12-13H,8-11H2,1H3,(H,24,25). The van der Waals surface area contributed by atoms with Crippen molar-refractivity contribution in [1.29, 1.82) is 0 Å². The predicted molar refractivity (Wildman–Crippen MR) is 110 cm³/mol. The fraction of sp³-hybridized carbons (Fsp3) is 0.238. The highest BCUT2D eigenvalue weighted by Crippen LogP contribution is 2.25. The summed E-state index contributed by atoms with van der Waals surface area (Å²) in [4.78, 5) is 16.5. The van der Waals surface area contributed by atoms with Gasteiger partial charge in [-0.3, -0.25) is 9.89 Å². The lowest BCUT2D eigenvalue weighted by molar-refractivity contribution is 0.0746. The molecule has 0 saturated carbocycles. The van der Waals surface area contributed by atoms with Crippen LogP contribution < -0.4 is 9.64 Å². The van der Waals surface area contributed by atoms with E-state index in [1.54, 1.807) is 12.0 Å². The Morgan fingerprint density at radius 3 is 2.48 bits per heavy atom. The van der Waals surface area contributed by atoms with Gasteiger partial charge in [-0.15, -0.1) is 0 Å². The van der Waals surface area contributed by atoms with Crippen molar-refractivity contribution >= 4 is 23.3 Å². The van der Waals surface area contributed by atoms with Gasteiger partial charge in [0.1, 0.15) is 11.6 Å². The molecular weight excluding hydrogens is 395 g/mol. The van der Waals surface area contributed by atoms with Gasteiger partial charge in [-0.05, 0) is 48.0 Å². The molecule has 29 heavy (non-hydrogen) atoms. The molecule has 0 spiro atoms. The molecule has 6 nitrogen and oxygen atoms in total.